The summed E-state index contributed by atoms with van der Waals surface area (Å²) in [7, 11) is 0. The Bertz CT molecular complexity index is 166. The van der Waals surface area contributed by atoms with Crippen LogP contribution in [0.15, 0.2) is 12.7 Å². The standard InChI is InChI=1S/C11H20O3/c1-4-7-8-9-11(13-6-3)14-10(12)5-2/h5,11H,2,4,6-9H2,1,3H3. The Balaban J connectivity index is 3.76. The fourth-order valence-corrected chi connectivity index (χ4v) is 1.10. The molecule has 0 saturated carbocycles. The molecule has 0 fully saturated rings. The van der Waals surface area contributed by atoms with Gasteiger partial charge < -0.3 is 9.47 Å². The second-order valence-corrected chi connectivity index (χ2v) is 3.02. The van der Waals surface area contributed by atoms with Gasteiger partial charge in [0.15, 0.2) is 0 Å². The van der Waals surface area contributed by atoms with Gasteiger partial charge in [-0.15, -0.1) is 0 Å². The normalized spacial score (nSPS) is 12.1. The minimum atomic E-state index is -0.417. The minimum Gasteiger partial charge on any atom is -0.433 e. The summed E-state index contributed by atoms with van der Waals surface area (Å²) in [6.45, 7) is 7.91. The summed E-state index contributed by atoms with van der Waals surface area (Å²) in [4.78, 5) is 10.9. The van der Waals surface area contributed by atoms with Gasteiger partial charge in [-0.1, -0.05) is 26.3 Å². The van der Waals surface area contributed by atoms with Crippen molar-refractivity contribution in [1.82, 2.24) is 0 Å². The maximum atomic E-state index is 10.9. The zero-order chi connectivity index (χ0) is 10.8. The first-order valence-electron chi connectivity index (χ1n) is 5.19. The number of carbonyl (C=O) groups excluding carboxylic acids is 1. The molecule has 0 bridgehead atoms. The molecule has 1 unspecified atom stereocenters. The van der Waals surface area contributed by atoms with E-state index in [0.29, 0.717) is 6.61 Å². The fourth-order valence-electron chi connectivity index (χ4n) is 1.10. The van der Waals surface area contributed by atoms with E-state index in [1.54, 1.807) is 0 Å². The van der Waals surface area contributed by atoms with E-state index in [1.807, 2.05) is 6.92 Å². The van der Waals surface area contributed by atoms with Crippen LogP contribution in [-0.4, -0.2) is 18.9 Å². The summed E-state index contributed by atoms with van der Waals surface area (Å²) in [5.41, 5.74) is 0. The smallest absolute Gasteiger partial charge is 0.332 e. The van der Waals surface area contributed by atoms with Gasteiger partial charge in [-0.3, -0.25) is 0 Å². The molecule has 0 N–H and O–H groups in total. The first kappa shape index (κ1) is 13.2. The molecule has 0 aromatic rings. The minimum absolute atomic E-state index is 0.406. The van der Waals surface area contributed by atoms with Crippen molar-refractivity contribution in [2.45, 2.75) is 45.8 Å². The van der Waals surface area contributed by atoms with Crippen LogP contribution >= 0.6 is 0 Å². The molecule has 0 aliphatic carbocycles. The van der Waals surface area contributed by atoms with E-state index in [0.717, 1.165) is 31.8 Å². The largest absolute Gasteiger partial charge is 0.433 e. The van der Waals surface area contributed by atoms with Crippen molar-refractivity contribution < 1.29 is 14.3 Å². The number of ether oxygens (including phenoxy) is 2. The number of esters is 1. The van der Waals surface area contributed by atoms with Gasteiger partial charge in [-0.05, 0) is 13.3 Å². The predicted octanol–water partition coefficient (Wildman–Crippen LogP) is 2.66. The molecule has 0 amide bonds. The summed E-state index contributed by atoms with van der Waals surface area (Å²) in [5.74, 6) is -0.417. The van der Waals surface area contributed by atoms with Crippen LogP contribution in [0.4, 0.5) is 0 Å². The maximum Gasteiger partial charge on any atom is 0.332 e. The van der Waals surface area contributed by atoms with Gasteiger partial charge in [-0.2, -0.15) is 0 Å². The molecule has 3 heteroatoms. The van der Waals surface area contributed by atoms with Crippen LogP contribution in [0, 0.1) is 0 Å². The number of hydrogen-bond acceptors (Lipinski definition) is 3. The highest BCUT2D eigenvalue weighted by Gasteiger charge is 2.11. The highest BCUT2D eigenvalue weighted by Crippen LogP contribution is 2.08. The molecular weight excluding hydrogens is 180 g/mol. The maximum absolute atomic E-state index is 10.9. The van der Waals surface area contributed by atoms with Gasteiger partial charge in [-0.25, -0.2) is 4.79 Å². The first-order chi connectivity index (χ1) is 6.74. The summed E-state index contributed by atoms with van der Waals surface area (Å²) in [6.07, 6.45) is 4.82. The monoisotopic (exact) mass is 200 g/mol. The molecule has 0 aliphatic heterocycles. The summed E-state index contributed by atoms with van der Waals surface area (Å²) < 4.78 is 10.3. The SMILES string of the molecule is C=CC(=O)OC(CCCCC)OCC. The molecule has 0 aromatic carbocycles. The van der Waals surface area contributed by atoms with Crippen molar-refractivity contribution in [3.63, 3.8) is 0 Å². The number of carbonyl (C=O) groups is 1. The van der Waals surface area contributed by atoms with Crippen molar-refractivity contribution in [1.29, 1.82) is 0 Å². The summed E-state index contributed by atoms with van der Waals surface area (Å²) >= 11 is 0. The van der Waals surface area contributed by atoms with Crippen LogP contribution in [0.25, 0.3) is 0 Å². The summed E-state index contributed by atoms with van der Waals surface area (Å²) in [6, 6.07) is 0. The van der Waals surface area contributed by atoms with Gasteiger partial charge in [0.2, 0.25) is 6.29 Å². The molecule has 0 spiro atoms. The molecular formula is C11H20O3. The molecule has 1 atom stereocenters. The van der Waals surface area contributed by atoms with E-state index >= 15 is 0 Å². The van der Waals surface area contributed by atoms with Gasteiger partial charge in [0.1, 0.15) is 0 Å². The third kappa shape index (κ3) is 6.66. The van der Waals surface area contributed by atoms with E-state index < -0.39 is 12.3 Å². The lowest BCUT2D eigenvalue weighted by atomic mass is 10.2. The first-order valence-corrected chi connectivity index (χ1v) is 5.19. The van der Waals surface area contributed by atoms with Crippen LogP contribution < -0.4 is 0 Å². The lowest BCUT2D eigenvalue weighted by Gasteiger charge is -2.16. The molecule has 0 rings (SSSR count). The molecule has 3 nitrogen and oxygen atoms in total. The highest BCUT2D eigenvalue weighted by atomic mass is 16.7. The average Bonchev–Trinajstić information content (AvgIpc) is 2.18. The third-order valence-electron chi connectivity index (χ3n) is 1.81. The molecule has 0 radical (unpaired) electrons. The molecule has 0 aliphatic rings. The number of hydrogen-bond donors (Lipinski definition) is 0. The van der Waals surface area contributed by atoms with E-state index in [9.17, 15) is 4.79 Å². The van der Waals surface area contributed by atoms with Crippen molar-refractivity contribution in [2.75, 3.05) is 6.61 Å². The lowest BCUT2D eigenvalue weighted by Crippen LogP contribution is -2.20. The second-order valence-electron chi connectivity index (χ2n) is 3.02. The number of unbranched alkanes of at least 4 members (excludes halogenated alkanes) is 2. The Morgan fingerprint density at radius 2 is 2.14 bits per heavy atom. The number of rotatable bonds is 8. The van der Waals surface area contributed by atoms with Crippen LogP contribution in [0.5, 0.6) is 0 Å². The van der Waals surface area contributed by atoms with Gasteiger partial charge in [0, 0.05) is 19.1 Å². The molecule has 14 heavy (non-hydrogen) atoms. The zero-order valence-corrected chi connectivity index (χ0v) is 9.12. The molecule has 0 heterocycles. The Hall–Kier alpha value is -0.830. The topological polar surface area (TPSA) is 35.5 Å². The predicted molar refractivity (Wildman–Crippen MR) is 55.8 cm³/mol. The van der Waals surface area contributed by atoms with E-state index in [1.165, 1.54) is 0 Å². The Morgan fingerprint density at radius 1 is 1.43 bits per heavy atom. The average molecular weight is 200 g/mol. The Morgan fingerprint density at radius 3 is 2.64 bits per heavy atom. The van der Waals surface area contributed by atoms with Crippen molar-refractivity contribution in [3.05, 3.63) is 12.7 Å². The van der Waals surface area contributed by atoms with E-state index in [-0.39, 0.29) is 0 Å². The van der Waals surface area contributed by atoms with Gasteiger partial charge in [0.05, 0.1) is 0 Å². The zero-order valence-electron chi connectivity index (χ0n) is 9.12. The molecule has 0 saturated heterocycles. The van der Waals surface area contributed by atoms with Gasteiger partial charge in [0.25, 0.3) is 0 Å². The van der Waals surface area contributed by atoms with Crippen LogP contribution in [-0.2, 0) is 14.3 Å². The quantitative estimate of drug-likeness (QED) is 0.261. The molecule has 0 aromatic heterocycles. The van der Waals surface area contributed by atoms with E-state index in [2.05, 4.69) is 13.5 Å². The Kier molecular flexibility index (Phi) is 8.24. The second kappa shape index (κ2) is 8.75. The van der Waals surface area contributed by atoms with Crippen LogP contribution in [0.3, 0.4) is 0 Å². The molecule has 82 valence electrons. The van der Waals surface area contributed by atoms with Crippen molar-refractivity contribution in [2.24, 2.45) is 0 Å². The van der Waals surface area contributed by atoms with Crippen molar-refractivity contribution in [3.8, 4) is 0 Å². The van der Waals surface area contributed by atoms with Crippen LogP contribution in [0.2, 0.25) is 0 Å². The Labute approximate surface area is 86.1 Å². The van der Waals surface area contributed by atoms with Crippen molar-refractivity contribution >= 4 is 5.97 Å². The lowest BCUT2D eigenvalue weighted by molar-refractivity contribution is -0.173. The van der Waals surface area contributed by atoms with E-state index in [4.69, 9.17) is 9.47 Å². The highest BCUT2D eigenvalue weighted by molar-refractivity contribution is 5.81. The summed E-state index contributed by atoms with van der Waals surface area (Å²) in [5, 5.41) is 0. The van der Waals surface area contributed by atoms with Crippen LogP contribution in [0.1, 0.15) is 39.5 Å². The third-order valence-corrected chi connectivity index (χ3v) is 1.81. The van der Waals surface area contributed by atoms with Gasteiger partial charge >= 0.3 is 5.97 Å². The fraction of sp³-hybridized carbons (Fsp3) is 0.727.